The molecule has 0 bridgehead atoms. The van der Waals surface area contributed by atoms with Crippen LogP contribution in [0.5, 0.6) is 5.75 Å². The van der Waals surface area contributed by atoms with Gasteiger partial charge in [0.25, 0.3) is 0 Å². The van der Waals surface area contributed by atoms with Gasteiger partial charge in [0, 0.05) is 12.1 Å². The monoisotopic (exact) mass is 289 g/mol. The van der Waals surface area contributed by atoms with Gasteiger partial charge >= 0.3 is 0 Å². The van der Waals surface area contributed by atoms with Crippen molar-refractivity contribution >= 4 is 0 Å². The highest BCUT2D eigenvalue weighted by atomic mass is 16.5. The Morgan fingerprint density at radius 3 is 2.52 bits per heavy atom. The van der Waals surface area contributed by atoms with Crippen molar-refractivity contribution in [1.82, 2.24) is 5.32 Å². The summed E-state index contributed by atoms with van der Waals surface area (Å²) in [5.74, 6) is 2.65. The Kier molecular flexibility index (Phi) is 6.10. The van der Waals surface area contributed by atoms with Gasteiger partial charge in [-0.1, -0.05) is 32.9 Å². The fourth-order valence-corrected chi connectivity index (χ4v) is 3.40. The molecule has 1 aromatic rings. The van der Waals surface area contributed by atoms with Crippen molar-refractivity contribution in [3.05, 3.63) is 29.8 Å². The molecule has 4 unspecified atom stereocenters. The van der Waals surface area contributed by atoms with Gasteiger partial charge in [0.15, 0.2) is 0 Å². The highest BCUT2D eigenvalue weighted by Gasteiger charge is 2.26. The van der Waals surface area contributed by atoms with Crippen molar-refractivity contribution < 1.29 is 4.74 Å². The Bertz CT molecular complexity index is 414. The molecule has 1 aromatic carbocycles. The van der Waals surface area contributed by atoms with Crippen molar-refractivity contribution in [2.45, 2.75) is 65.5 Å². The molecule has 0 heterocycles. The first-order chi connectivity index (χ1) is 10.1. The first-order valence-electron chi connectivity index (χ1n) is 8.59. The highest BCUT2D eigenvalue weighted by Crippen LogP contribution is 2.30. The van der Waals surface area contributed by atoms with Gasteiger partial charge in [0.05, 0.1) is 6.61 Å². The van der Waals surface area contributed by atoms with Gasteiger partial charge in [-0.25, -0.2) is 0 Å². The zero-order chi connectivity index (χ0) is 15.2. The van der Waals surface area contributed by atoms with E-state index in [4.69, 9.17) is 4.74 Å². The van der Waals surface area contributed by atoms with Crippen LogP contribution in [0.3, 0.4) is 0 Å². The SMILES string of the molecule is CCCOc1ccc(C(C)NC2CCC(C)CC2C)cc1. The average Bonchev–Trinajstić information content (AvgIpc) is 2.48. The third kappa shape index (κ3) is 4.74. The highest BCUT2D eigenvalue weighted by molar-refractivity contribution is 5.29. The van der Waals surface area contributed by atoms with E-state index in [9.17, 15) is 0 Å². The summed E-state index contributed by atoms with van der Waals surface area (Å²) < 4.78 is 5.65. The fraction of sp³-hybridized carbons (Fsp3) is 0.684. The van der Waals surface area contributed by atoms with Gasteiger partial charge in [-0.05, 0) is 62.1 Å². The summed E-state index contributed by atoms with van der Waals surface area (Å²) >= 11 is 0. The van der Waals surface area contributed by atoms with Crippen LogP contribution in [0, 0.1) is 11.8 Å². The van der Waals surface area contributed by atoms with Gasteiger partial charge in [0.1, 0.15) is 5.75 Å². The smallest absolute Gasteiger partial charge is 0.119 e. The molecule has 2 rings (SSSR count). The topological polar surface area (TPSA) is 21.3 Å². The molecule has 0 aromatic heterocycles. The van der Waals surface area contributed by atoms with Crippen LogP contribution in [0.2, 0.25) is 0 Å². The maximum atomic E-state index is 5.65. The first-order valence-corrected chi connectivity index (χ1v) is 8.59. The van der Waals surface area contributed by atoms with Crippen LogP contribution in [0.15, 0.2) is 24.3 Å². The molecular formula is C19H31NO. The second-order valence-electron chi connectivity index (χ2n) is 6.81. The molecule has 1 aliphatic carbocycles. The lowest BCUT2D eigenvalue weighted by atomic mass is 9.79. The molecule has 1 N–H and O–H groups in total. The van der Waals surface area contributed by atoms with Crippen LogP contribution in [-0.4, -0.2) is 12.6 Å². The summed E-state index contributed by atoms with van der Waals surface area (Å²) in [6.07, 6.45) is 5.08. The normalized spacial score (nSPS) is 27.3. The van der Waals surface area contributed by atoms with Crippen molar-refractivity contribution in [3.63, 3.8) is 0 Å². The second kappa shape index (κ2) is 7.84. The van der Waals surface area contributed by atoms with E-state index in [-0.39, 0.29) is 0 Å². The lowest BCUT2D eigenvalue weighted by molar-refractivity contribution is 0.216. The van der Waals surface area contributed by atoms with Gasteiger partial charge in [-0.2, -0.15) is 0 Å². The molecule has 0 aliphatic heterocycles. The third-order valence-electron chi connectivity index (χ3n) is 4.75. The molecule has 0 spiro atoms. The largest absolute Gasteiger partial charge is 0.494 e. The molecule has 2 nitrogen and oxygen atoms in total. The zero-order valence-corrected chi connectivity index (χ0v) is 14.1. The lowest BCUT2D eigenvalue weighted by Gasteiger charge is -2.35. The molecule has 1 fully saturated rings. The number of hydrogen-bond donors (Lipinski definition) is 1. The van der Waals surface area contributed by atoms with Crippen LogP contribution in [0.1, 0.15) is 65.0 Å². The first kappa shape index (κ1) is 16.4. The summed E-state index contributed by atoms with van der Waals surface area (Å²) in [5.41, 5.74) is 1.35. The van der Waals surface area contributed by atoms with Crippen LogP contribution in [0.25, 0.3) is 0 Å². The molecule has 4 atom stereocenters. The zero-order valence-electron chi connectivity index (χ0n) is 14.1. The lowest BCUT2D eigenvalue weighted by Crippen LogP contribution is -2.40. The van der Waals surface area contributed by atoms with Crippen LogP contribution >= 0.6 is 0 Å². The van der Waals surface area contributed by atoms with Gasteiger partial charge < -0.3 is 10.1 Å². The van der Waals surface area contributed by atoms with E-state index >= 15 is 0 Å². The minimum Gasteiger partial charge on any atom is -0.494 e. The summed E-state index contributed by atoms with van der Waals surface area (Å²) in [6.45, 7) is 9.97. The number of ether oxygens (including phenoxy) is 1. The van der Waals surface area contributed by atoms with Crippen LogP contribution in [-0.2, 0) is 0 Å². The maximum absolute atomic E-state index is 5.65. The number of rotatable bonds is 6. The average molecular weight is 289 g/mol. The van der Waals surface area contributed by atoms with Crippen LogP contribution in [0.4, 0.5) is 0 Å². The molecule has 21 heavy (non-hydrogen) atoms. The Balaban J connectivity index is 1.89. The van der Waals surface area contributed by atoms with E-state index in [1.54, 1.807) is 0 Å². The predicted molar refractivity (Wildman–Crippen MR) is 89.7 cm³/mol. The molecule has 2 heteroatoms. The molecule has 1 aliphatic rings. The molecule has 118 valence electrons. The van der Waals surface area contributed by atoms with Crippen molar-refractivity contribution in [3.8, 4) is 5.75 Å². The summed E-state index contributed by atoms with van der Waals surface area (Å²) in [5, 5.41) is 3.83. The van der Waals surface area contributed by atoms with Crippen molar-refractivity contribution in [1.29, 1.82) is 0 Å². The van der Waals surface area contributed by atoms with E-state index in [0.717, 1.165) is 30.6 Å². The second-order valence-corrected chi connectivity index (χ2v) is 6.81. The predicted octanol–water partition coefficient (Wildman–Crippen LogP) is 4.95. The quantitative estimate of drug-likeness (QED) is 0.800. The Hall–Kier alpha value is -1.02. The Morgan fingerprint density at radius 1 is 1.19 bits per heavy atom. The van der Waals surface area contributed by atoms with E-state index in [0.29, 0.717) is 12.1 Å². The molecule has 0 saturated heterocycles. The summed E-state index contributed by atoms with van der Waals surface area (Å²) in [4.78, 5) is 0. The van der Waals surface area contributed by atoms with Gasteiger partial charge in [-0.15, -0.1) is 0 Å². The van der Waals surface area contributed by atoms with E-state index < -0.39 is 0 Å². The minimum absolute atomic E-state index is 0.408. The van der Waals surface area contributed by atoms with Crippen LogP contribution < -0.4 is 10.1 Å². The number of hydrogen-bond acceptors (Lipinski definition) is 2. The minimum atomic E-state index is 0.408. The maximum Gasteiger partial charge on any atom is 0.119 e. The Labute approximate surface area is 130 Å². The summed E-state index contributed by atoms with van der Waals surface area (Å²) in [7, 11) is 0. The van der Waals surface area contributed by atoms with Gasteiger partial charge in [0.2, 0.25) is 0 Å². The molecule has 1 saturated carbocycles. The standard InChI is InChI=1S/C19H31NO/c1-5-12-21-18-9-7-17(8-10-18)16(4)20-19-11-6-14(2)13-15(19)3/h7-10,14-16,19-20H,5-6,11-13H2,1-4H3. The molecular weight excluding hydrogens is 258 g/mol. The molecule has 0 radical (unpaired) electrons. The van der Waals surface area contributed by atoms with Gasteiger partial charge in [-0.3, -0.25) is 0 Å². The third-order valence-corrected chi connectivity index (χ3v) is 4.75. The van der Waals surface area contributed by atoms with Crippen molar-refractivity contribution in [2.75, 3.05) is 6.61 Å². The summed E-state index contributed by atoms with van der Waals surface area (Å²) in [6, 6.07) is 9.64. The number of nitrogens with one attached hydrogen (secondary N) is 1. The molecule has 0 amide bonds. The Morgan fingerprint density at radius 2 is 1.90 bits per heavy atom. The number of benzene rings is 1. The fourth-order valence-electron chi connectivity index (χ4n) is 3.40. The van der Waals surface area contributed by atoms with E-state index in [1.165, 1.54) is 24.8 Å². The van der Waals surface area contributed by atoms with E-state index in [1.807, 2.05) is 0 Å². The van der Waals surface area contributed by atoms with Crippen molar-refractivity contribution in [2.24, 2.45) is 11.8 Å². The van der Waals surface area contributed by atoms with E-state index in [2.05, 4.69) is 57.3 Å².